The number of nitrogens with one attached hydrogen (secondary N) is 4. The van der Waals surface area contributed by atoms with Gasteiger partial charge in [-0.3, -0.25) is 14.4 Å². The molecule has 0 aromatic rings. The lowest BCUT2D eigenvalue weighted by Gasteiger charge is -2.35. The lowest BCUT2D eigenvalue weighted by molar-refractivity contribution is -0.197. The first-order valence-electron chi connectivity index (χ1n) is 15.6. The fourth-order valence-electron chi connectivity index (χ4n) is 8.20. The summed E-state index contributed by atoms with van der Waals surface area (Å²) in [5.74, 6) is -0.578. The molecule has 0 radical (unpaired) electrons. The van der Waals surface area contributed by atoms with Gasteiger partial charge in [-0.15, -0.1) is 0 Å². The van der Waals surface area contributed by atoms with E-state index in [1.165, 1.54) is 5.06 Å². The van der Waals surface area contributed by atoms with Gasteiger partial charge in [-0.1, -0.05) is 0 Å². The first-order valence-corrected chi connectivity index (χ1v) is 15.6. The number of rotatable bonds is 10. The Hall–Kier alpha value is -1.55. The molecule has 236 valence electrons. The van der Waals surface area contributed by atoms with E-state index in [0.717, 1.165) is 12.8 Å². The Morgan fingerprint density at radius 1 is 0.732 bits per heavy atom. The first-order chi connectivity index (χ1) is 18.4. The molecule has 3 saturated heterocycles. The minimum atomic E-state index is -0.699. The van der Waals surface area contributed by atoms with Crippen LogP contribution in [0.1, 0.15) is 115 Å². The minimum Gasteiger partial charge on any atom is -0.355 e. The zero-order chi connectivity index (χ0) is 31.4. The van der Waals surface area contributed by atoms with Crippen LogP contribution >= 0.6 is 0 Å². The number of amides is 2. The summed E-state index contributed by atoms with van der Waals surface area (Å²) in [6, 6.07) is 0. The first kappa shape index (κ1) is 33.9. The van der Waals surface area contributed by atoms with Gasteiger partial charge in [0, 0.05) is 53.1 Å². The van der Waals surface area contributed by atoms with Gasteiger partial charge >= 0.3 is 0 Å². The van der Waals surface area contributed by atoms with Gasteiger partial charge in [-0.25, -0.2) is 0 Å². The van der Waals surface area contributed by atoms with Crippen LogP contribution in [-0.4, -0.2) is 74.2 Å². The van der Waals surface area contributed by atoms with Crippen LogP contribution in [0.15, 0.2) is 0 Å². The maximum Gasteiger partial charge on any atom is 0.225 e. The second kappa shape index (κ2) is 11.2. The maximum atomic E-state index is 13.4. The van der Waals surface area contributed by atoms with E-state index < -0.39 is 11.1 Å². The van der Waals surface area contributed by atoms with Crippen molar-refractivity contribution in [3.05, 3.63) is 0 Å². The van der Waals surface area contributed by atoms with Crippen molar-refractivity contribution in [3.63, 3.8) is 0 Å². The lowest BCUT2D eigenvalue weighted by atomic mass is 9.81. The third-order valence-electron chi connectivity index (χ3n) is 10.1. The van der Waals surface area contributed by atoms with E-state index in [1.807, 2.05) is 27.7 Å². The lowest BCUT2D eigenvalue weighted by Crippen LogP contribution is -2.51. The van der Waals surface area contributed by atoms with E-state index in [1.54, 1.807) is 0 Å². The molecule has 4 unspecified atom stereocenters. The van der Waals surface area contributed by atoms with Crippen molar-refractivity contribution in [2.75, 3.05) is 13.1 Å². The van der Waals surface area contributed by atoms with E-state index in [2.05, 4.69) is 76.7 Å². The molecule has 3 heterocycles. The molecule has 9 heteroatoms. The van der Waals surface area contributed by atoms with Crippen molar-refractivity contribution in [2.24, 2.45) is 23.7 Å². The van der Waals surface area contributed by atoms with E-state index in [9.17, 15) is 19.6 Å². The third-order valence-corrected chi connectivity index (χ3v) is 10.1. The smallest absolute Gasteiger partial charge is 0.225 e. The highest BCUT2D eigenvalue weighted by Gasteiger charge is 2.54. The Morgan fingerprint density at radius 2 is 1.17 bits per heavy atom. The largest absolute Gasteiger partial charge is 0.355 e. The van der Waals surface area contributed by atoms with Crippen LogP contribution in [-0.2, 0) is 14.4 Å². The van der Waals surface area contributed by atoms with Crippen LogP contribution in [0.3, 0.4) is 0 Å². The van der Waals surface area contributed by atoms with Gasteiger partial charge in [0.05, 0.1) is 17.4 Å². The minimum absolute atomic E-state index is 0.00759. The number of ketones is 1. The predicted octanol–water partition coefficient (Wildman–Crippen LogP) is 3.79. The van der Waals surface area contributed by atoms with Crippen molar-refractivity contribution >= 4 is 17.6 Å². The summed E-state index contributed by atoms with van der Waals surface area (Å²) in [7, 11) is 0. The highest BCUT2D eigenvalue weighted by molar-refractivity contribution is 5.83. The number of hydroxylamine groups is 2. The van der Waals surface area contributed by atoms with Gasteiger partial charge in [0.1, 0.15) is 5.78 Å². The van der Waals surface area contributed by atoms with Gasteiger partial charge in [-0.05, 0) is 115 Å². The van der Waals surface area contributed by atoms with Crippen molar-refractivity contribution in [3.8, 4) is 0 Å². The molecule has 0 spiro atoms. The standard InChI is InChI=1S/C32H59N5O4/c1-27(2)15-21(30(7,8)35-27)24(38)14-13-20(18-33-25(39)22-16-28(3,4)36-31(22,9)10)19-34-26(40)23-17-29(5,6)37(41)32(23,11)12/h20-23,35-36,41H,13-19H2,1-12H3,(H,33,39)(H,34,40). The Bertz CT molecular complexity index is 964. The number of carbonyl (C=O) groups is 3. The number of Topliss-reactive ketones (excluding diaryl/α,β-unsaturated/α-hetero) is 1. The topological polar surface area (TPSA) is 123 Å². The van der Waals surface area contributed by atoms with E-state index in [-0.39, 0.29) is 63.4 Å². The number of hydrogen-bond donors (Lipinski definition) is 5. The van der Waals surface area contributed by atoms with Crippen molar-refractivity contribution < 1.29 is 19.6 Å². The number of carbonyl (C=O) groups excluding carboxylic acids is 3. The Kier molecular flexibility index (Phi) is 9.26. The molecule has 3 fully saturated rings. The summed E-state index contributed by atoms with van der Waals surface area (Å²) >= 11 is 0. The van der Waals surface area contributed by atoms with E-state index in [0.29, 0.717) is 32.4 Å². The zero-order valence-electron chi connectivity index (χ0n) is 27.9. The van der Waals surface area contributed by atoms with E-state index >= 15 is 0 Å². The van der Waals surface area contributed by atoms with Crippen LogP contribution < -0.4 is 21.3 Å². The highest BCUT2D eigenvalue weighted by atomic mass is 16.5. The summed E-state index contributed by atoms with van der Waals surface area (Å²) in [5, 5.41) is 25.5. The molecule has 0 aromatic carbocycles. The second-order valence-electron chi connectivity index (χ2n) is 16.9. The Labute approximate surface area is 248 Å². The summed E-state index contributed by atoms with van der Waals surface area (Å²) in [4.78, 5) is 40.2. The molecule has 4 atom stereocenters. The molecule has 0 aromatic heterocycles. The van der Waals surface area contributed by atoms with Crippen LogP contribution in [0.5, 0.6) is 0 Å². The average molecular weight is 578 g/mol. The molecular weight excluding hydrogens is 518 g/mol. The van der Waals surface area contributed by atoms with Crippen molar-refractivity contribution in [2.45, 2.75) is 148 Å². The molecule has 5 N–H and O–H groups in total. The maximum absolute atomic E-state index is 13.4. The molecule has 3 aliphatic rings. The second-order valence-corrected chi connectivity index (χ2v) is 16.9. The normalized spacial score (nSPS) is 31.5. The van der Waals surface area contributed by atoms with Gasteiger partial charge in [0.15, 0.2) is 0 Å². The highest BCUT2D eigenvalue weighted by Crippen LogP contribution is 2.43. The molecule has 41 heavy (non-hydrogen) atoms. The van der Waals surface area contributed by atoms with Crippen LogP contribution in [0.4, 0.5) is 0 Å². The Morgan fingerprint density at radius 3 is 1.56 bits per heavy atom. The SMILES string of the molecule is CC1(C)CC(C(=O)CCC(CNC(=O)C2CC(C)(C)NC2(C)C)CNC(=O)C2CC(C)(C)N(O)C2(C)C)C(C)(C)N1. The summed E-state index contributed by atoms with van der Waals surface area (Å²) < 4.78 is 0. The van der Waals surface area contributed by atoms with Gasteiger partial charge in [0.2, 0.25) is 11.8 Å². The molecule has 0 aliphatic carbocycles. The van der Waals surface area contributed by atoms with Crippen LogP contribution in [0, 0.1) is 23.7 Å². The third kappa shape index (κ3) is 7.51. The summed E-state index contributed by atoms with van der Waals surface area (Å²) in [6.45, 7) is 25.2. The summed E-state index contributed by atoms with van der Waals surface area (Å²) in [5.41, 5.74) is -2.01. The molecular formula is C32H59N5O4. The van der Waals surface area contributed by atoms with Gasteiger partial charge < -0.3 is 26.5 Å². The van der Waals surface area contributed by atoms with Gasteiger partial charge in [0.25, 0.3) is 0 Å². The van der Waals surface area contributed by atoms with Crippen molar-refractivity contribution in [1.29, 1.82) is 0 Å². The fourth-order valence-corrected chi connectivity index (χ4v) is 8.20. The molecule has 0 bridgehead atoms. The molecule has 9 nitrogen and oxygen atoms in total. The monoisotopic (exact) mass is 577 g/mol. The fraction of sp³-hybridized carbons (Fsp3) is 0.906. The van der Waals surface area contributed by atoms with Crippen LogP contribution in [0.2, 0.25) is 0 Å². The quantitative estimate of drug-likeness (QED) is 0.268. The molecule has 2 amide bonds. The predicted molar refractivity (Wildman–Crippen MR) is 162 cm³/mol. The van der Waals surface area contributed by atoms with Gasteiger partial charge in [-0.2, -0.15) is 5.06 Å². The Balaban J connectivity index is 1.68. The number of hydrogen-bond acceptors (Lipinski definition) is 7. The molecule has 3 rings (SSSR count). The zero-order valence-corrected chi connectivity index (χ0v) is 27.9. The molecule has 0 saturated carbocycles. The average Bonchev–Trinajstić information content (AvgIpc) is 3.25. The summed E-state index contributed by atoms with van der Waals surface area (Å²) in [6.07, 6.45) is 3.06. The number of nitrogens with zero attached hydrogens (tertiary/aromatic N) is 1. The molecule has 3 aliphatic heterocycles. The van der Waals surface area contributed by atoms with E-state index in [4.69, 9.17) is 0 Å². The van der Waals surface area contributed by atoms with Crippen LogP contribution in [0.25, 0.3) is 0 Å². The van der Waals surface area contributed by atoms with Crippen molar-refractivity contribution in [1.82, 2.24) is 26.3 Å².